The smallest absolute Gasteiger partial charge is 0.351 e. The lowest BCUT2D eigenvalue weighted by Gasteiger charge is -2.07. The number of rotatable bonds is 3. The molecule has 106 valence electrons. The summed E-state index contributed by atoms with van der Waals surface area (Å²) in [4.78, 5) is 12.2. The van der Waals surface area contributed by atoms with E-state index in [2.05, 4.69) is 5.10 Å². The summed E-state index contributed by atoms with van der Waals surface area (Å²) in [5, 5.41) is 4.08. The molecular formula is C14H15FN2O3. The lowest BCUT2D eigenvalue weighted by molar-refractivity contribution is 0.0723. The average molecular weight is 278 g/mol. The molecule has 0 fully saturated rings. The van der Waals surface area contributed by atoms with Crippen LogP contribution in [0.1, 0.15) is 21.6 Å². The molecule has 1 aromatic heterocycles. The summed E-state index contributed by atoms with van der Waals surface area (Å²) in [5.74, 6) is -1.12. The molecule has 1 heterocycles. The van der Waals surface area contributed by atoms with Crippen LogP contribution in [0.4, 0.5) is 4.39 Å². The number of aromatic nitrogens is 2. The first kappa shape index (κ1) is 14.0. The van der Waals surface area contributed by atoms with E-state index >= 15 is 0 Å². The van der Waals surface area contributed by atoms with Gasteiger partial charge in [-0.25, -0.2) is 13.9 Å². The lowest BCUT2D eigenvalue weighted by Crippen LogP contribution is -2.12. The van der Waals surface area contributed by atoms with Gasteiger partial charge >= 0.3 is 5.97 Å². The van der Waals surface area contributed by atoms with E-state index in [1.54, 1.807) is 27.0 Å². The third kappa shape index (κ3) is 2.49. The number of halogens is 1. The number of methoxy groups -OCH3 is 1. The zero-order chi connectivity index (χ0) is 14.9. The minimum Gasteiger partial charge on any atom is -0.481 e. The molecule has 0 saturated carbocycles. The Kier molecular flexibility index (Phi) is 3.74. The molecule has 0 saturated heterocycles. The first-order valence-corrected chi connectivity index (χ1v) is 6.00. The molecule has 0 aliphatic heterocycles. The Morgan fingerprint density at radius 3 is 2.70 bits per heavy atom. The highest BCUT2D eigenvalue weighted by atomic mass is 19.1. The molecule has 6 heteroatoms. The second-order valence-corrected chi connectivity index (χ2v) is 4.42. The molecule has 0 aliphatic rings. The summed E-state index contributed by atoms with van der Waals surface area (Å²) >= 11 is 0. The SMILES string of the molecule is COc1c(C(=O)Oc2cc(C)ccc2F)c(C)nn1C. The van der Waals surface area contributed by atoms with Gasteiger partial charge in [-0.3, -0.25) is 0 Å². The fraction of sp³-hybridized carbons (Fsp3) is 0.286. The fourth-order valence-electron chi connectivity index (χ4n) is 1.95. The lowest BCUT2D eigenvalue weighted by atomic mass is 10.2. The molecule has 2 rings (SSSR count). The normalized spacial score (nSPS) is 10.4. The molecule has 2 aromatic rings. The van der Waals surface area contributed by atoms with Gasteiger partial charge in [-0.1, -0.05) is 6.07 Å². The van der Waals surface area contributed by atoms with Gasteiger partial charge in [0.25, 0.3) is 0 Å². The van der Waals surface area contributed by atoms with E-state index in [9.17, 15) is 9.18 Å². The number of nitrogens with zero attached hydrogens (tertiary/aromatic N) is 2. The van der Waals surface area contributed by atoms with Gasteiger partial charge in [0.05, 0.1) is 12.8 Å². The Balaban J connectivity index is 2.35. The van der Waals surface area contributed by atoms with Crippen LogP contribution in [0.25, 0.3) is 0 Å². The number of carbonyl (C=O) groups excluding carboxylic acids is 1. The highest BCUT2D eigenvalue weighted by Gasteiger charge is 2.24. The first-order chi connectivity index (χ1) is 9.43. The Morgan fingerprint density at radius 1 is 1.35 bits per heavy atom. The first-order valence-electron chi connectivity index (χ1n) is 6.00. The van der Waals surface area contributed by atoms with Gasteiger partial charge in [0, 0.05) is 7.05 Å². The second-order valence-electron chi connectivity index (χ2n) is 4.42. The average Bonchev–Trinajstić information content (AvgIpc) is 2.68. The van der Waals surface area contributed by atoms with Gasteiger partial charge in [0.1, 0.15) is 5.56 Å². The van der Waals surface area contributed by atoms with Crippen molar-refractivity contribution in [3.63, 3.8) is 0 Å². The molecule has 20 heavy (non-hydrogen) atoms. The van der Waals surface area contributed by atoms with Gasteiger partial charge in [-0.15, -0.1) is 0 Å². The van der Waals surface area contributed by atoms with Crippen LogP contribution >= 0.6 is 0 Å². The van der Waals surface area contributed by atoms with Crippen LogP contribution < -0.4 is 9.47 Å². The van der Waals surface area contributed by atoms with E-state index in [0.29, 0.717) is 5.69 Å². The van der Waals surface area contributed by atoms with Crippen molar-refractivity contribution in [3.05, 3.63) is 40.8 Å². The summed E-state index contributed by atoms with van der Waals surface area (Å²) in [7, 11) is 3.08. The van der Waals surface area contributed by atoms with Crippen LogP contribution in [0.2, 0.25) is 0 Å². The largest absolute Gasteiger partial charge is 0.481 e. The van der Waals surface area contributed by atoms with Crippen LogP contribution in [0, 0.1) is 19.7 Å². The van der Waals surface area contributed by atoms with Gasteiger partial charge < -0.3 is 9.47 Å². The van der Waals surface area contributed by atoms with Crippen LogP contribution in [0.15, 0.2) is 18.2 Å². The van der Waals surface area contributed by atoms with E-state index < -0.39 is 11.8 Å². The number of ether oxygens (including phenoxy) is 2. The minimum absolute atomic E-state index is 0.111. The van der Waals surface area contributed by atoms with Crippen molar-refractivity contribution in [1.82, 2.24) is 9.78 Å². The molecule has 0 radical (unpaired) electrons. The molecule has 0 aliphatic carbocycles. The minimum atomic E-state index is -0.697. The quantitative estimate of drug-likeness (QED) is 0.639. The highest BCUT2D eigenvalue weighted by Crippen LogP contribution is 2.25. The molecule has 0 amide bonds. The monoisotopic (exact) mass is 278 g/mol. The van der Waals surface area contributed by atoms with E-state index in [-0.39, 0.29) is 17.2 Å². The maximum atomic E-state index is 13.6. The van der Waals surface area contributed by atoms with Crippen molar-refractivity contribution in [2.24, 2.45) is 7.05 Å². The van der Waals surface area contributed by atoms with Gasteiger partial charge in [-0.2, -0.15) is 5.10 Å². The molecule has 0 bridgehead atoms. The number of aryl methyl sites for hydroxylation is 3. The van der Waals surface area contributed by atoms with Crippen LogP contribution in [-0.4, -0.2) is 22.9 Å². The van der Waals surface area contributed by atoms with Crippen molar-refractivity contribution in [1.29, 1.82) is 0 Å². The van der Waals surface area contributed by atoms with Crippen molar-refractivity contribution < 1.29 is 18.7 Å². The number of hydrogen-bond acceptors (Lipinski definition) is 4. The molecule has 0 atom stereocenters. The third-order valence-electron chi connectivity index (χ3n) is 2.86. The summed E-state index contributed by atoms with van der Waals surface area (Å²) in [6.45, 7) is 3.44. The topological polar surface area (TPSA) is 53.4 Å². The van der Waals surface area contributed by atoms with E-state index in [1.807, 2.05) is 0 Å². The van der Waals surface area contributed by atoms with Crippen LogP contribution in [0.3, 0.4) is 0 Å². The fourth-order valence-corrected chi connectivity index (χ4v) is 1.95. The van der Waals surface area contributed by atoms with Crippen molar-refractivity contribution in [2.75, 3.05) is 7.11 Å². The maximum Gasteiger partial charge on any atom is 0.351 e. The molecule has 0 N–H and O–H groups in total. The third-order valence-corrected chi connectivity index (χ3v) is 2.86. The number of benzene rings is 1. The molecule has 5 nitrogen and oxygen atoms in total. The highest BCUT2D eigenvalue weighted by molar-refractivity contribution is 5.94. The Bertz CT molecular complexity index is 665. The van der Waals surface area contributed by atoms with Gasteiger partial charge in [0.2, 0.25) is 5.88 Å². The summed E-state index contributed by atoms with van der Waals surface area (Å²) in [5.41, 5.74) is 1.45. The Morgan fingerprint density at radius 2 is 2.05 bits per heavy atom. The molecule has 0 spiro atoms. The standard InChI is InChI=1S/C14H15FN2O3/c1-8-5-6-10(15)11(7-8)20-14(18)12-9(2)16-17(3)13(12)19-4/h5-7H,1-4H3. The molecule has 1 aromatic carbocycles. The predicted molar refractivity (Wildman–Crippen MR) is 70.6 cm³/mol. The Hall–Kier alpha value is -2.37. The Labute approximate surface area is 115 Å². The summed E-state index contributed by atoms with van der Waals surface area (Å²) in [6, 6.07) is 4.32. The van der Waals surface area contributed by atoms with Crippen molar-refractivity contribution in [2.45, 2.75) is 13.8 Å². The predicted octanol–water partition coefficient (Wildman–Crippen LogP) is 2.40. The van der Waals surface area contributed by atoms with E-state index in [4.69, 9.17) is 9.47 Å². The maximum absolute atomic E-state index is 13.6. The molecule has 0 unspecified atom stereocenters. The van der Waals surface area contributed by atoms with E-state index in [0.717, 1.165) is 5.56 Å². The second kappa shape index (κ2) is 5.32. The van der Waals surface area contributed by atoms with Gasteiger partial charge in [0.15, 0.2) is 11.6 Å². The van der Waals surface area contributed by atoms with Crippen molar-refractivity contribution in [3.8, 4) is 11.6 Å². The zero-order valence-electron chi connectivity index (χ0n) is 11.7. The molecular weight excluding hydrogens is 263 g/mol. The number of esters is 1. The van der Waals surface area contributed by atoms with Gasteiger partial charge in [-0.05, 0) is 31.5 Å². The van der Waals surface area contributed by atoms with Crippen LogP contribution in [0.5, 0.6) is 11.6 Å². The zero-order valence-corrected chi connectivity index (χ0v) is 11.7. The van der Waals surface area contributed by atoms with Crippen LogP contribution in [-0.2, 0) is 7.05 Å². The van der Waals surface area contributed by atoms with E-state index in [1.165, 1.54) is 23.9 Å². The summed E-state index contributed by atoms with van der Waals surface area (Å²) in [6.07, 6.45) is 0. The number of hydrogen-bond donors (Lipinski definition) is 0. The van der Waals surface area contributed by atoms with Crippen molar-refractivity contribution >= 4 is 5.97 Å². The number of carbonyl (C=O) groups is 1. The summed E-state index contributed by atoms with van der Waals surface area (Å²) < 4.78 is 25.3.